The normalized spacial score (nSPS) is 9.39. The Labute approximate surface area is 129 Å². The summed E-state index contributed by atoms with van der Waals surface area (Å²) in [5.41, 5.74) is 0.0655. The van der Waals surface area contributed by atoms with Gasteiger partial charge in [0, 0.05) is 6.42 Å². The predicted octanol–water partition coefficient (Wildman–Crippen LogP) is -1.46. The van der Waals surface area contributed by atoms with Crippen molar-refractivity contribution in [2.75, 3.05) is 0 Å². The summed E-state index contributed by atoms with van der Waals surface area (Å²) in [4.78, 5) is 21.8. The number of hydrogen-bond donors (Lipinski definition) is 0. The number of carbonyl (C=O) groups excluding carboxylic acids is 2. The van der Waals surface area contributed by atoms with Gasteiger partial charge in [-0.05, 0) is 36.2 Å². The minimum Gasteiger partial charge on any atom is -0.545 e. The van der Waals surface area contributed by atoms with Gasteiger partial charge in [-0.15, -0.1) is 0 Å². The fraction of sp³-hybridized carbons (Fsp3) is 0.385. The van der Waals surface area contributed by atoms with E-state index in [1.54, 1.807) is 0 Å². The zero-order valence-corrected chi connectivity index (χ0v) is 12.8. The first-order valence-corrected chi connectivity index (χ1v) is 5.65. The van der Waals surface area contributed by atoms with Crippen LogP contribution in [0.25, 0.3) is 0 Å². The van der Waals surface area contributed by atoms with E-state index in [9.17, 15) is 14.7 Å². The molecule has 0 fully saturated rings. The van der Waals surface area contributed by atoms with Crippen molar-refractivity contribution in [1.82, 2.24) is 0 Å². The van der Waals surface area contributed by atoms with E-state index in [1.165, 1.54) is 24.3 Å². The van der Waals surface area contributed by atoms with Gasteiger partial charge in [0.1, 0.15) is 5.75 Å². The standard InChI is InChI=1S/C13H16O4.Na/c1-2-3-4-5-12(14)17-11-8-6-10(7-9-11)13(15)16;/h6-9H,2-5H2,1H3,(H,15,16);/q;+1/p-1. The van der Waals surface area contributed by atoms with Gasteiger partial charge in [-0.1, -0.05) is 19.8 Å². The fourth-order valence-corrected chi connectivity index (χ4v) is 1.36. The van der Waals surface area contributed by atoms with Crippen molar-refractivity contribution in [2.24, 2.45) is 0 Å². The molecule has 0 aliphatic carbocycles. The largest absolute Gasteiger partial charge is 1.00 e. The van der Waals surface area contributed by atoms with Gasteiger partial charge in [0.25, 0.3) is 0 Å². The van der Waals surface area contributed by atoms with Crippen LogP contribution >= 0.6 is 0 Å². The van der Waals surface area contributed by atoms with Gasteiger partial charge >= 0.3 is 35.5 Å². The van der Waals surface area contributed by atoms with E-state index in [4.69, 9.17) is 4.74 Å². The quantitative estimate of drug-likeness (QED) is 0.271. The molecule has 0 heterocycles. The molecule has 5 heteroatoms. The number of carboxylic acid groups (broad SMARTS) is 1. The minimum atomic E-state index is -1.24. The third-order valence-corrected chi connectivity index (χ3v) is 2.31. The van der Waals surface area contributed by atoms with Crippen LogP contribution < -0.4 is 39.4 Å². The van der Waals surface area contributed by atoms with Gasteiger partial charge in [-0.3, -0.25) is 4.79 Å². The number of unbranched alkanes of at least 4 members (excludes halogenated alkanes) is 2. The molecule has 0 amide bonds. The molecule has 0 N–H and O–H groups in total. The maximum Gasteiger partial charge on any atom is 1.00 e. The molecule has 0 spiro atoms. The number of benzene rings is 1. The molecule has 0 saturated heterocycles. The topological polar surface area (TPSA) is 66.4 Å². The Bertz CT molecular complexity index is 386. The van der Waals surface area contributed by atoms with Crippen molar-refractivity contribution in [3.8, 4) is 5.75 Å². The molecule has 0 bridgehead atoms. The molecule has 0 aliphatic heterocycles. The Balaban J connectivity index is 0.00000289. The zero-order valence-electron chi connectivity index (χ0n) is 10.8. The Morgan fingerprint density at radius 1 is 1.17 bits per heavy atom. The predicted molar refractivity (Wildman–Crippen MR) is 60.5 cm³/mol. The molecule has 0 aromatic heterocycles. The van der Waals surface area contributed by atoms with Crippen LogP contribution in [-0.4, -0.2) is 11.9 Å². The van der Waals surface area contributed by atoms with Crippen LogP contribution in [0.5, 0.6) is 5.75 Å². The van der Waals surface area contributed by atoms with E-state index >= 15 is 0 Å². The molecule has 0 radical (unpaired) electrons. The molecular weight excluding hydrogens is 243 g/mol. The first kappa shape index (κ1) is 17.2. The second-order valence-electron chi connectivity index (χ2n) is 3.74. The molecule has 92 valence electrons. The van der Waals surface area contributed by atoms with Crippen molar-refractivity contribution >= 4 is 11.9 Å². The van der Waals surface area contributed by atoms with Gasteiger partial charge < -0.3 is 14.6 Å². The summed E-state index contributed by atoms with van der Waals surface area (Å²) in [6.45, 7) is 2.06. The Kier molecular flexibility index (Phi) is 8.71. The van der Waals surface area contributed by atoms with Crippen LogP contribution in [0.2, 0.25) is 0 Å². The van der Waals surface area contributed by atoms with Crippen LogP contribution in [0.4, 0.5) is 0 Å². The number of aromatic carboxylic acids is 1. The average Bonchev–Trinajstić information content (AvgIpc) is 2.30. The average molecular weight is 258 g/mol. The number of esters is 1. The number of carbonyl (C=O) groups is 2. The van der Waals surface area contributed by atoms with Crippen molar-refractivity contribution in [3.63, 3.8) is 0 Å². The molecular formula is C13H15NaO4. The maximum atomic E-state index is 11.4. The number of hydrogen-bond acceptors (Lipinski definition) is 4. The third-order valence-electron chi connectivity index (χ3n) is 2.31. The van der Waals surface area contributed by atoms with E-state index in [-0.39, 0.29) is 41.1 Å². The van der Waals surface area contributed by atoms with E-state index in [1.807, 2.05) is 0 Å². The van der Waals surface area contributed by atoms with Gasteiger partial charge in [0.05, 0.1) is 5.97 Å². The van der Waals surface area contributed by atoms with Gasteiger partial charge in [0.2, 0.25) is 0 Å². The summed E-state index contributed by atoms with van der Waals surface area (Å²) in [5, 5.41) is 10.5. The van der Waals surface area contributed by atoms with E-state index in [0.717, 1.165) is 19.3 Å². The fourth-order valence-electron chi connectivity index (χ4n) is 1.36. The Hall–Kier alpha value is -0.840. The van der Waals surface area contributed by atoms with Crippen molar-refractivity contribution in [2.45, 2.75) is 32.6 Å². The molecule has 4 nitrogen and oxygen atoms in total. The molecule has 0 aliphatic rings. The first-order valence-electron chi connectivity index (χ1n) is 5.65. The number of carboxylic acids is 1. The minimum absolute atomic E-state index is 0. The third kappa shape index (κ3) is 6.19. The molecule has 1 rings (SSSR count). The summed E-state index contributed by atoms with van der Waals surface area (Å²) < 4.78 is 5.04. The maximum absolute atomic E-state index is 11.4. The van der Waals surface area contributed by atoms with Crippen molar-refractivity contribution in [1.29, 1.82) is 0 Å². The second kappa shape index (κ2) is 9.14. The Morgan fingerprint density at radius 2 is 1.78 bits per heavy atom. The van der Waals surface area contributed by atoms with Crippen LogP contribution in [-0.2, 0) is 4.79 Å². The monoisotopic (exact) mass is 258 g/mol. The molecule has 0 saturated carbocycles. The van der Waals surface area contributed by atoms with Crippen LogP contribution in [0.1, 0.15) is 43.0 Å². The number of rotatable bonds is 6. The summed E-state index contributed by atoms with van der Waals surface area (Å²) >= 11 is 0. The zero-order chi connectivity index (χ0) is 12.7. The van der Waals surface area contributed by atoms with Crippen LogP contribution in [0.15, 0.2) is 24.3 Å². The first-order chi connectivity index (χ1) is 8.13. The summed E-state index contributed by atoms with van der Waals surface area (Å²) in [5.74, 6) is -1.18. The number of ether oxygens (including phenoxy) is 1. The van der Waals surface area contributed by atoms with Gasteiger partial charge in [-0.2, -0.15) is 0 Å². The summed E-state index contributed by atoms with van der Waals surface area (Å²) in [6, 6.07) is 5.60. The van der Waals surface area contributed by atoms with Gasteiger partial charge in [-0.25, -0.2) is 0 Å². The molecule has 0 unspecified atom stereocenters. The van der Waals surface area contributed by atoms with Crippen LogP contribution in [0, 0.1) is 0 Å². The summed E-state index contributed by atoms with van der Waals surface area (Å²) in [6.07, 6.45) is 3.24. The van der Waals surface area contributed by atoms with E-state index < -0.39 is 5.97 Å². The molecule has 1 aromatic rings. The molecule has 18 heavy (non-hydrogen) atoms. The SMILES string of the molecule is CCCCCC(=O)Oc1ccc(C(=O)[O-])cc1.[Na+]. The molecule has 0 atom stereocenters. The van der Waals surface area contributed by atoms with E-state index in [2.05, 4.69) is 6.92 Å². The smallest absolute Gasteiger partial charge is 0.545 e. The van der Waals surface area contributed by atoms with Gasteiger partial charge in [0.15, 0.2) is 0 Å². The molecule has 1 aromatic carbocycles. The van der Waals surface area contributed by atoms with Crippen LogP contribution in [0.3, 0.4) is 0 Å². The van der Waals surface area contributed by atoms with Crippen molar-refractivity contribution in [3.05, 3.63) is 29.8 Å². The van der Waals surface area contributed by atoms with E-state index in [0.29, 0.717) is 12.2 Å². The summed E-state index contributed by atoms with van der Waals surface area (Å²) in [7, 11) is 0. The Morgan fingerprint density at radius 3 is 2.28 bits per heavy atom. The second-order valence-corrected chi connectivity index (χ2v) is 3.74. The van der Waals surface area contributed by atoms with Crippen molar-refractivity contribution < 1.29 is 49.0 Å².